The Kier molecular flexibility index (Phi) is 3.99. The molecule has 1 aliphatic carbocycles. The van der Waals surface area contributed by atoms with Gasteiger partial charge >= 0.3 is 0 Å². The summed E-state index contributed by atoms with van der Waals surface area (Å²) in [7, 11) is 0. The van der Waals surface area contributed by atoms with E-state index in [0.717, 1.165) is 5.92 Å². The van der Waals surface area contributed by atoms with Gasteiger partial charge < -0.3 is 5.32 Å². The fraction of sp³-hybridized carbons (Fsp3) is 0.769. The summed E-state index contributed by atoms with van der Waals surface area (Å²) < 4.78 is 0. The van der Waals surface area contributed by atoms with Crippen LogP contribution in [-0.4, -0.2) is 16.2 Å². The molecule has 0 radical (unpaired) electrons. The van der Waals surface area contributed by atoms with Crippen LogP contribution in [0.25, 0.3) is 0 Å². The molecule has 1 saturated carbocycles. The molecule has 3 nitrogen and oxygen atoms in total. The molecule has 2 N–H and O–H groups in total. The highest BCUT2D eigenvalue weighted by atomic mass is 15.1. The molecule has 0 spiro atoms. The normalized spacial score (nSPS) is 27.9. The Morgan fingerprint density at radius 2 is 2.19 bits per heavy atom. The van der Waals surface area contributed by atoms with Crippen LogP contribution < -0.4 is 5.32 Å². The lowest BCUT2D eigenvalue weighted by Gasteiger charge is -2.30. The third kappa shape index (κ3) is 2.85. The summed E-state index contributed by atoms with van der Waals surface area (Å²) in [6.45, 7) is 4.53. The van der Waals surface area contributed by atoms with Crippen LogP contribution in [0.15, 0.2) is 12.4 Å². The first-order valence-corrected chi connectivity index (χ1v) is 6.54. The van der Waals surface area contributed by atoms with Crippen molar-refractivity contribution in [2.75, 3.05) is 0 Å². The Morgan fingerprint density at radius 1 is 1.44 bits per heavy atom. The molecule has 1 aromatic heterocycles. The van der Waals surface area contributed by atoms with Gasteiger partial charge in [0.25, 0.3) is 0 Å². The van der Waals surface area contributed by atoms with Crippen molar-refractivity contribution in [1.29, 1.82) is 0 Å². The number of hydrogen-bond donors (Lipinski definition) is 2. The molecule has 1 heterocycles. The van der Waals surface area contributed by atoms with Crippen molar-refractivity contribution < 1.29 is 0 Å². The van der Waals surface area contributed by atoms with Gasteiger partial charge in [0.1, 0.15) is 0 Å². The van der Waals surface area contributed by atoms with E-state index in [0.29, 0.717) is 12.1 Å². The van der Waals surface area contributed by atoms with Crippen LogP contribution in [0, 0.1) is 5.92 Å². The van der Waals surface area contributed by atoms with Crippen molar-refractivity contribution >= 4 is 0 Å². The molecule has 1 unspecified atom stereocenters. The van der Waals surface area contributed by atoms with E-state index in [1.807, 2.05) is 12.4 Å². The molecule has 3 heteroatoms. The summed E-state index contributed by atoms with van der Waals surface area (Å²) in [5.74, 6) is 0.974. The zero-order valence-electron chi connectivity index (χ0n) is 10.4. The van der Waals surface area contributed by atoms with E-state index in [9.17, 15) is 0 Å². The summed E-state index contributed by atoms with van der Waals surface area (Å²) in [5.41, 5.74) is 1.26. The Hall–Kier alpha value is -0.830. The van der Waals surface area contributed by atoms with Gasteiger partial charge in [-0.15, -0.1) is 0 Å². The van der Waals surface area contributed by atoms with Gasteiger partial charge in [-0.3, -0.25) is 5.10 Å². The summed E-state index contributed by atoms with van der Waals surface area (Å²) in [5, 5.41) is 10.6. The van der Waals surface area contributed by atoms with E-state index in [2.05, 4.69) is 29.4 Å². The maximum atomic E-state index is 4.00. The highest BCUT2D eigenvalue weighted by molar-refractivity contribution is 5.08. The number of nitrogens with one attached hydrogen (secondary N) is 2. The molecule has 0 amide bonds. The van der Waals surface area contributed by atoms with E-state index in [-0.39, 0.29) is 0 Å². The van der Waals surface area contributed by atoms with E-state index < -0.39 is 0 Å². The minimum Gasteiger partial charge on any atom is -0.307 e. The highest BCUT2D eigenvalue weighted by Crippen LogP contribution is 2.27. The number of rotatable bonds is 4. The fourth-order valence-corrected chi connectivity index (χ4v) is 2.68. The zero-order valence-corrected chi connectivity index (χ0v) is 10.4. The van der Waals surface area contributed by atoms with Gasteiger partial charge in [0, 0.05) is 23.8 Å². The molecule has 16 heavy (non-hydrogen) atoms. The van der Waals surface area contributed by atoms with Crippen LogP contribution in [-0.2, 0) is 0 Å². The van der Waals surface area contributed by atoms with Crippen molar-refractivity contribution in [3.63, 3.8) is 0 Å². The van der Waals surface area contributed by atoms with Gasteiger partial charge in [-0.2, -0.15) is 5.10 Å². The predicted octanol–water partition coefficient (Wildman–Crippen LogP) is 3.03. The molecule has 1 aromatic rings. The first kappa shape index (κ1) is 11.6. The molecular formula is C13H23N3. The van der Waals surface area contributed by atoms with Gasteiger partial charge in [0.15, 0.2) is 0 Å². The van der Waals surface area contributed by atoms with Crippen molar-refractivity contribution in [3.8, 4) is 0 Å². The number of H-pyrrole nitrogens is 1. The van der Waals surface area contributed by atoms with Gasteiger partial charge in [-0.1, -0.05) is 13.3 Å². The largest absolute Gasteiger partial charge is 0.307 e. The van der Waals surface area contributed by atoms with Gasteiger partial charge in [0.2, 0.25) is 0 Å². The summed E-state index contributed by atoms with van der Waals surface area (Å²) >= 11 is 0. The van der Waals surface area contributed by atoms with Crippen molar-refractivity contribution in [2.45, 2.75) is 58.0 Å². The maximum absolute atomic E-state index is 4.00. The average Bonchev–Trinajstić information content (AvgIpc) is 2.83. The second-order valence-electron chi connectivity index (χ2n) is 5.05. The quantitative estimate of drug-likeness (QED) is 0.820. The van der Waals surface area contributed by atoms with Crippen LogP contribution in [0.2, 0.25) is 0 Å². The van der Waals surface area contributed by atoms with Crippen molar-refractivity contribution in [3.05, 3.63) is 18.0 Å². The second kappa shape index (κ2) is 5.48. The lowest BCUT2D eigenvalue weighted by Crippen LogP contribution is -2.34. The fourth-order valence-electron chi connectivity index (χ4n) is 2.68. The highest BCUT2D eigenvalue weighted by Gasteiger charge is 2.21. The third-order valence-corrected chi connectivity index (χ3v) is 3.93. The number of nitrogens with zero attached hydrogens (tertiary/aromatic N) is 1. The smallest absolute Gasteiger partial charge is 0.0534 e. The zero-order chi connectivity index (χ0) is 11.4. The standard InChI is InChI=1S/C13H23N3/c1-3-11-4-6-13(7-5-11)16-10(2)12-8-14-15-9-12/h8-11,13,16H,3-7H2,1-2H3,(H,14,15). The monoisotopic (exact) mass is 221 g/mol. The molecule has 1 atom stereocenters. The molecule has 0 bridgehead atoms. The van der Waals surface area contributed by atoms with Crippen LogP contribution in [0.5, 0.6) is 0 Å². The average molecular weight is 221 g/mol. The molecule has 0 aliphatic heterocycles. The number of hydrogen-bond acceptors (Lipinski definition) is 2. The first-order valence-electron chi connectivity index (χ1n) is 6.54. The van der Waals surface area contributed by atoms with E-state index in [4.69, 9.17) is 0 Å². The molecular weight excluding hydrogens is 198 g/mol. The maximum Gasteiger partial charge on any atom is 0.0534 e. The van der Waals surface area contributed by atoms with E-state index in [1.165, 1.54) is 37.7 Å². The van der Waals surface area contributed by atoms with Gasteiger partial charge in [0.05, 0.1) is 6.20 Å². The van der Waals surface area contributed by atoms with E-state index >= 15 is 0 Å². The van der Waals surface area contributed by atoms with Crippen LogP contribution in [0.3, 0.4) is 0 Å². The van der Waals surface area contributed by atoms with E-state index in [1.54, 1.807) is 0 Å². The minimum absolute atomic E-state index is 0.418. The topological polar surface area (TPSA) is 40.7 Å². The van der Waals surface area contributed by atoms with Gasteiger partial charge in [-0.25, -0.2) is 0 Å². The second-order valence-corrected chi connectivity index (χ2v) is 5.05. The van der Waals surface area contributed by atoms with Gasteiger partial charge in [-0.05, 0) is 38.5 Å². The predicted molar refractivity (Wildman–Crippen MR) is 66.2 cm³/mol. The SMILES string of the molecule is CCC1CCC(NC(C)c2cn[nH]c2)CC1. The third-order valence-electron chi connectivity index (χ3n) is 3.93. The Morgan fingerprint density at radius 3 is 2.75 bits per heavy atom. The molecule has 2 rings (SSSR count). The van der Waals surface area contributed by atoms with Crippen molar-refractivity contribution in [1.82, 2.24) is 15.5 Å². The molecule has 90 valence electrons. The van der Waals surface area contributed by atoms with Crippen LogP contribution in [0.4, 0.5) is 0 Å². The number of aromatic amines is 1. The molecule has 1 aliphatic rings. The first-order chi connectivity index (χ1) is 7.79. The molecule has 0 aromatic carbocycles. The number of aromatic nitrogens is 2. The summed E-state index contributed by atoms with van der Waals surface area (Å²) in [6, 6.07) is 1.12. The molecule has 1 fully saturated rings. The summed E-state index contributed by atoms with van der Waals surface area (Å²) in [6.07, 6.45) is 10.7. The lowest BCUT2D eigenvalue weighted by molar-refractivity contribution is 0.273. The van der Waals surface area contributed by atoms with Crippen LogP contribution in [0.1, 0.15) is 57.6 Å². The minimum atomic E-state index is 0.418. The molecule has 0 saturated heterocycles. The van der Waals surface area contributed by atoms with Crippen LogP contribution >= 0.6 is 0 Å². The summed E-state index contributed by atoms with van der Waals surface area (Å²) in [4.78, 5) is 0. The Labute approximate surface area is 98.0 Å². The Balaban J connectivity index is 1.78. The lowest BCUT2D eigenvalue weighted by atomic mass is 9.84. The van der Waals surface area contributed by atoms with Crippen molar-refractivity contribution in [2.24, 2.45) is 5.92 Å². The Bertz CT molecular complexity index is 286.